The predicted octanol–water partition coefficient (Wildman–Crippen LogP) is 8.23. The van der Waals surface area contributed by atoms with Crippen molar-refractivity contribution in [2.24, 2.45) is 0 Å². The number of aromatic nitrogens is 2. The molecule has 2 aromatic rings. The lowest BCUT2D eigenvalue weighted by atomic mass is 10.1. The number of hydrogen-bond donors (Lipinski definition) is 0. The molecule has 0 radical (unpaired) electrons. The smallest absolute Gasteiger partial charge is 0.184 e. The van der Waals surface area contributed by atoms with Crippen molar-refractivity contribution in [3.63, 3.8) is 0 Å². The molecule has 1 heterocycles. The molecule has 4 nitrogen and oxygen atoms in total. The van der Waals surface area contributed by atoms with Gasteiger partial charge in [0.1, 0.15) is 11.6 Å². The van der Waals surface area contributed by atoms with Crippen LogP contribution in [0.3, 0.4) is 0 Å². The summed E-state index contributed by atoms with van der Waals surface area (Å²) in [4.78, 5) is 9.15. The van der Waals surface area contributed by atoms with Crippen LogP contribution in [0.5, 0.6) is 5.75 Å². The van der Waals surface area contributed by atoms with Crippen LogP contribution in [0.15, 0.2) is 36.7 Å². The second-order valence-corrected chi connectivity index (χ2v) is 14.6. The van der Waals surface area contributed by atoms with Crippen LogP contribution < -0.4 is 4.74 Å². The average molecular weight is 471 g/mol. The molecule has 2 rings (SSSR count). The summed E-state index contributed by atoms with van der Waals surface area (Å²) < 4.78 is 12.0. The van der Waals surface area contributed by atoms with E-state index < -0.39 is 8.32 Å². The van der Waals surface area contributed by atoms with E-state index in [0.717, 1.165) is 55.0 Å². The number of ether oxygens (including phenoxy) is 1. The Labute approximate surface area is 203 Å². The number of benzene rings is 1. The minimum absolute atomic E-state index is 0.312. The molecule has 0 fully saturated rings. The van der Waals surface area contributed by atoms with Gasteiger partial charge in [-0.3, -0.25) is 0 Å². The van der Waals surface area contributed by atoms with Crippen molar-refractivity contribution in [1.82, 2.24) is 9.97 Å². The Morgan fingerprint density at radius 3 is 2.00 bits per heavy atom. The molecule has 33 heavy (non-hydrogen) atoms. The number of aryl methyl sites for hydroxylation is 1. The number of rotatable bonds is 17. The minimum atomic E-state index is -1.46. The molecule has 0 aliphatic rings. The lowest BCUT2D eigenvalue weighted by Crippen LogP contribution is -2.30. The summed E-state index contributed by atoms with van der Waals surface area (Å²) in [6, 6.07) is 8.29. The monoisotopic (exact) mass is 470 g/mol. The van der Waals surface area contributed by atoms with Gasteiger partial charge in [0.05, 0.1) is 6.61 Å². The number of unbranched alkanes of at least 4 members (excludes halogenated alkanes) is 7. The molecule has 0 aliphatic heterocycles. The van der Waals surface area contributed by atoms with E-state index in [-0.39, 0.29) is 0 Å². The summed E-state index contributed by atoms with van der Waals surface area (Å²) in [5.74, 6) is 1.85. The summed E-state index contributed by atoms with van der Waals surface area (Å²) in [6.07, 6.45) is 17.7. The Hall–Kier alpha value is -1.72. The molecular formula is C28H46N2O2Si. The van der Waals surface area contributed by atoms with E-state index in [9.17, 15) is 0 Å². The fraction of sp³-hybridized carbons (Fsp3) is 0.643. The van der Waals surface area contributed by atoms with E-state index >= 15 is 0 Å². The van der Waals surface area contributed by atoms with Gasteiger partial charge in [0.15, 0.2) is 8.32 Å². The Bertz CT molecular complexity index is 757. The number of hydrogen-bond acceptors (Lipinski definition) is 4. The van der Waals surface area contributed by atoms with Crippen molar-refractivity contribution in [1.29, 1.82) is 0 Å². The Morgan fingerprint density at radius 1 is 0.788 bits per heavy atom. The molecule has 1 aromatic heterocycles. The van der Waals surface area contributed by atoms with Gasteiger partial charge in [0.2, 0.25) is 0 Å². The summed E-state index contributed by atoms with van der Waals surface area (Å²) in [6.45, 7) is 11.9. The first kappa shape index (κ1) is 27.5. The average Bonchev–Trinajstić information content (AvgIpc) is 2.78. The molecule has 0 N–H and O–H groups in total. The fourth-order valence-electron chi connectivity index (χ4n) is 4.01. The van der Waals surface area contributed by atoms with Gasteiger partial charge in [-0.15, -0.1) is 0 Å². The van der Waals surface area contributed by atoms with Crippen LogP contribution in [0.1, 0.15) is 83.9 Å². The summed E-state index contributed by atoms with van der Waals surface area (Å²) in [5, 5.41) is 0. The largest absolute Gasteiger partial charge is 0.494 e. The van der Waals surface area contributed by atoms with Gasteiger partial charge in [-0.1, -0.05) is 64.0 Å². The lowest BCUT2D eigenvalue weighted by Gasteiger charge is -2.23. The third-order valence-corrected chi connectivity index (χ3v) is 6.83. The minimum Gasteiger partial charge on any atom is -0.494 e. The van der Waals surface area contributed by atoms with Crippen LogP contribution in [0.25, 0.3) is 11.1 Å². The summed E-state index contributed by atoms with van der Waals surface area (Å²) >= 11 is 0. The Balaban J connectivity index is 1.66. The van der Waals surface area contributed by atoms with Crippen LogP contribution >= 0.6 is 0 Å². The molecule has 0 amide bonds. The van der Waals surface area contributed by atoms with Gasteiger partial charge < -0.3 is 9.16 Å². The Morgan fingerprint density at radius 2 is 1.39 bits per heavy atom. The SMILES string of the molecule is CCCCCCCCCCOc1ccc(-c2cnc(CCCC(C)O[Si](C)(C)C)nc2)cc1. The van der Waals surface area contributed by atoms with Gasteiger partial charge in [0.25, 0.3) is 0 Å². The van der Waals surface area contributed by atoms with Gasteiger partial charge in [0, 0.05) is 30.5 Å². The molecule has 1 atom stereocenters. The highest BCUT2D eigenvalue weighted by atomic mass is 28.4. The highest BCUT2D eigenvalue weighted by molar-refractivity contribution is 6.69. The van der Waals surface area contributed by atoms with Crippen molar-refractivity contribution in [2.45, 2.75) is 110 Å². The second-order valence-electron chi connectivity index (χ2n) is 10.2. The zero-order chi connectivity index (χ0) is 23.9. The molecule has 0 saturated carbocycles. The van der Waals surface area contributed by atoms with Crippen LogP contribution in [-0.4, -0.2) is 31.0 Å². The van der Waals surface area contributed by atoms with Crippen molar-refractivity contribution in [2.75, 3.05) is 6.61 Å². The highest BCUT2D eigenvalue weighted by Gasteiger charge is 2.17. The molecular weight excluding hydrogens is 424 g/mol. The van der Waals surface area contributed by atoms with Crippen LogP contribution in [0.2, 0.25) is 19.6 Å². The van der Waals surface area contributed by atoms with Crippen LogP contribution in [-0.2, 0) is 10.8 Å². The summed E-state index contributed by atoms with van der Waals surface area (Å²) in [7, 11) is -1.46. The maximum atomic E-state index is 6.11. The van der Waals surface area contributed by atoms with Crippen molar-refractivity contribution in [3.8, 4) is 16.9 Å². The van der Waals surface area contributed by atoms with E-state index in [4.69, 9.17) is 9.16 Å². The standard InChI is InChI=1S/C28H46N2O2Si/c1-6-7-8-9-10-11-12-13-21-31-27-19-17-25(18-20-27)26-22-29-28(30-23-26)16-14-15-24(2)32-33(3,4)5/h17-20,22-24H,6-16,21H2,1-5H3. The van der Waals surface area contributed by atoms with Crippen molar-refractivity contribution in [3.05, 3.63) is 42.5 Å². The van der Waals surface area contributed by atoms with Crippen LogP contribution in [0, 0.1) is 0 Å². The molecule has 5 heteroatoms. The van der Waals surface area contributed by atoms with Crippen molar-refractivity contribution < 1.29 is 9.16 Å². The second kappa shape index (κ2) is 15.2. The summed E-state index contributed by atoms with van der Waals surface area (Å²) in [5.41, 5.74) is 2.17. The van der Waals surface area contributed by atoms with Gasteiger partial charge >= 0.3 is 0 Å². The Kier molecular flexibility index (Phi) is 12.7. The highest BCUT2D eigenvalue weighted by Crippen LogP contribution is 2.22. The number of nitrogens with zero attached hydrogens (tertiary/aromatic N) is 2. The van der Waals surface area contributed by atoms with E-state index in [1.807, 2.05) is 24.5 Å². The third-order valence-electron chi connectivity index (χ3n) is 5.73. The molecule has 0 bridgehead atoms. The quantitative estimate of drug-likeness (QED) is 0.172. The molecule has 0 aliphatic carbocycles. The van der Waals surface area contributed by atoms with Crippen LogP contribution in [0.4, 0.5) is 0 Å². The molecule has 184 valence electrons. The van der Waals surface area contributed by atoms with Gasteiger partial charge in [-0.05, 0) is 63.5 Å². The first-order valence-corrected chi connectivity index (χ1v) is 16.5. The predicted molar refractivity (Wildman–Crippen MR) is 142 cm³/mol. The fourth-order valence-corrected chi connectivity index (χ4v) is 5.34. The lowest BCUT2D eigenvalue weighted by molar-refractivity contribution is 0.200. The molecule has 0 saturated heterocycles. The first-order valence-electron chi connectivity index (χ1n) is 13.1. The zero-order valence-corrected chi connectivity index (χ0v) is 22.7. The van der Waals surface area contributed by atoms with Gasteiger partial charge in [-0.2, -0.15) is 0 Å². The zero-order valence-electron chi connectivity index (χ0n) is 21.7. The van der Waals surface area contributed by atoms with Gasteiger partial charge in [-0.25, -0.2) is 9.97 Å². The molecule has 0 spiro atoms. The topological polar surface area (TPSA) is 44.2 Å². The van der Waals surface area contributed by atoms with E-state index in [1.54, 1.807) is 0 Å². The normalized spacial score (nSPS) is 12.6. The maximum Gasteiger partial charge on any atom is 0.184 e. The third kappa shape index (κ3) is 12.3. The first-order chi connectivity index (χ1) is 15.9. The van der Waals surface area contributed by atoms with Crippen molar-refractivity contribution >= 4 is 8.32 Å². The molecule has 1 aromatic carbocycles. The maximum absolute atomic E-state index is 6.11. The van der Waals surface area contributed by atoms with E-state index in [0.29, 0.717) is 6.10 Å². The van der Waals surface area contributed by atoms with E-state index in [2.05, 4.69) is 55.6 Å². The van der Waals surface area contributed by atoms with E-state index in [1.165, 1.54) is 44.9 Å². The molecule has 1 unspecified atom stereocenters.